The molecule has 1 atom stereocenters. The maximum absolute atomic E-state index is 14.0. The maximum Gasteiger partial charge on any atom is 0.194 e. The predicted octanol–water partition coefficient (Wildman–Crippen LogP) is 4.00. The summed E-state index contributed by atoms with van der Waals surface area (Å²) in [5.41, 5.74) is -0.0513. The lowest BCUT2D eigenvalue weighted by Crippen LogP contribution is -2.20. The molecule has 2 rings (SSSR count). The van der Waals surface area contributed by atoms with Crippen molar-refractivity contribution in [3.63, 3.8) is 0 Å². The summed E-state index contributed by atoms with van der Waals surface area (Å²) in [4.78, 5) is 0. The molecular weight excluding hydrogens is 289 g/mol. The van der Waals surface area contributed by atoms with E-state index >= 15 is 0 Å². The van der Waals surface area contributed by atoms with Crippen molar-refractivity contribution < 1.29 is 22.0 Å². The summed E-state index contributed by atoms with van der Waals surface area (Å²) in [6.07, 6.45) is 0. The predicted molar refractivity (Wildman–Crippen MR) is 68.3 cm³/mol. The molecule has 0 saturated heterocycles. The van der Waals surface area contributed by atoms with Crippen molar-refractivity contribution in [2.75, 3.05) is 7.05 Å². The lowest BCUT2D eigenvalue weighted by atomic mass is 9.96. The molecule has 6 heteroatoms. The molecule has 0 fully saturated rings. The average molecular weight is 301 g/mol. The van der Waals surface area contributed by atoms with E-state index in [1.54, 1.807) is 0 Å². The van der Waals surface area contributed by atoms with Gasteiger partial charge in [0.1, 0.15) is 11.6 Å². The topological polar surface area (TPSA) is 12.0 Å². The molecule has 1 unspecified atom stereocenters. The number of benzene rings is 2. The van der Waals surface area contributed by atoms with E-state index in [1.807, 2.05) is 0 Å². The minimum atomic E-state index is -1.61. The van der Waals surface area contributed by atoms with E-state index in [-0.39, 0.29) is 16.7 Å². The standard InChI is InChI=1S/C15H12F5N/c1-7-3-11(17)9(6-10(7)16)15(21-2)8-4-12(18)14(20)13(19)5-8/h3-6,15,21H,1-2H3. The highest BCUT2D eigenvalue weighted by molar-refractivity contribution is 5.36. The smallest absolute Gasteiger partial charge is 0.194 e. The van der Waals surface area contributed by atoms with Crippen molar-refractivity contribution in [2.45, 2.75) is 13.0 Å². The SMILES string of the molecule is CNC(c1cc(F)c(F)c(F)c1)c1cc(F)c(C)cc1F. The average Bonchev–Trinajstić information content (AvgIpc) is 2.42. The van der Waals surface area contributed by atoms with Crippen LogP contribution in [0.25, 0.3) is 0 Å². The third-order valence-electron chi connectivity index (χ3n) is 3.22. The van der Waals surface area contributed by atoms with Crippen LogP contribution < -0.4 is 5.32 Å². The highest BCUT2D eigenvalue weighted by Gasteiger charge is 2.21. The summed E-state index contributed by atoms with van der Waals surface area (Å²) in [6.45, 7) is 1.40. The van der Waals surface area contributed by atoms with Crippen LogP contribution in [0.15, 0.2) is 24.3 Å². The molecule has 21 heavy (non-hydrogen) atoms. The zero-order valence-electron chi connectivity index (χ0n) is 11.3. The Labute approximate surface area is 118 Å². The molecule has 2 aromatic carbocycles. The van der Waals surface area contributed by atoms with E-state index in [9.17, 15) is 22.0 Å². The fourth-order valence-electron chi connectivity index (χ4n) is 2.13. The van der Waals surface area contributed by atoms with Crippen molar-refractivity contribution in [1.29, 1.82) is 0 Å². The van der Waals surface area contributed by atoms with Gasteiger partial charge < -0.3 is 5.32 Å². The number of rotatable bonds is 3. The first-order valence-corrected chi connectivity index (χ1v) is 6.12. The zero-order valence-corrected chi connectivity index (χ0v) is 11.3. The second-order valence-corrected chi connectivity index (χ2v) is 4.64. The molecular formula is C15H12F5N. The quantitative estimate of drug-likeness (QED) is 0.667. The first kappa shape index (κ1) is 15.4. The summed E-state index contributed by atoms with van der Waals surface area (Å²) in [6, 6.07) is 2.42. The molecule has 2 aromatic rings. The van der Waals surface area contributed by atoms with Crippen LogP contribution >= 0.6 is 0 Å². The third-order valence-corrected chi connectivity index (χ3v) is 3.22. The van der Waals surface area contributed by atoms with E-state index in [2.05, 4.69) is 5.32 Å². The molecule has 0 amide bonds. The zero-order chi connectivity index (χ0) is 15.7. The molecule has 0 aliphatic carbocycles. The number of hydrogen-bond donors (Lipinski definition) is 1. The maximum atomic E-state index is 14.0. The fourth-order valence-corrected chi connectivity index (χ4v) is 2.13. The molecule has 1 N–H and O–H groups in total. The Kier molecular flexibility index (Phi) is 4.27. The van der Waals surface area contributed by atoms with Crippen molar-refractivity contribution >= 4 is 0 Å². The molecule has 0 spiro atoms. The second kappa shape index (κ2) is 5.81. The van der Waals surface area contributed by atoms with Crippen molar-refractivity contribution in [3.8, 4) is 0 Å². The summed E-state index contributed by atoms with van der Waals surface area (Å²) in [5, 5.41) is 2.63. The summed E-state index contributed by atoms with van der Waals surface area (Å²) >= 11 is 0. The van der Waals surface area contributed by atoms with Gasteiger partial charge in [0, 0.05) is 5.56 Å². The minimum absolute atomic E-state index is 0.0453. The number of halogens is 5. The van der Waals surface area contributed by atoms with Crippen LogP contribution in [0.1, 0.15) is 22.7 Å². The third kappa shape index (κ3) is 2.90. The van der Waals surface area contributed by atoms with Crippen molar-refractivity contribution in [3.05, 3.63) is 70.0 Å². The van der Waals surface area contributed by atoms with Crippen LogP contribution in [0.3, 0.4) is 0 Å². The largest absolute Gasteiger partial charge is 0.309 e. The lowest BCUT2D eigenvalue weighted by Gasteiger charge is -2.19. The van der Waals surface area contributed by atoms with Crippen LogP contribution in [0.4, 0.5) is 22.0 Å². The highest BCUT2D eigenvalue weighted by Crippen LogP contribution is 2.28. The van der Waals surface area contributed by atoms with Gasteiger partial charge in [-0.3, -0.25) is 0 Å². The van der Waals surface area contributed by atoms with E-state index in [4.69, 9.17) is 0 Å². The van der Waals surface area contributed by atoms with Crippen LogP contribution in [-0.2, 0) is 0 Å². The van der Waals surface area contributed by atoms with Crippen LogP contribution in [0.5, 0.6) is 0 Å². The molecule has 0 aliphatic heterocycles. The Bertz CT molecular complexity index is 661. The van der Waals surface area contributed by atoms with Gasteiger partial charge in [0.15, 0.2) is 17.5 Å². The van der Waals surface area contributed by atoms with Gasteiger partial charge in [0.25, 0.3) is 0 Å². The van der Waals surface area contributed by atoms with Crippen LogP contribution in [-0.4, -0.2) is 7.05 Å². The van der Waals surface area contributed by atoms with E-state index in [1.165, 1.54) is 14.0 Å². The van der Waals surface area contributed by atoms with Crippen molar-refractivity contribution in [2.24, 2.45) is 0 Å². The van der Waals surface area contributed by atoms with Gasteiger partial charge in [-0.1, -0.05) is 0 Å². The Balaban J connectivity index is 2.57. The Hall–Kier alpha value is -1.95. The van der Waals surface area contributed by atoms with E-state index in [0.29, 0.717) is 0 Å². The molecule has 0 aromatic heterocycles. The lowest BCUT2D eigenvalue weighted by molar-refractivity contribution is 0.442. The van der Waals surface area contributed by atoms with Crippen LogP contribution in [0, 0.1) is 36.0 Å². The summed E-state index contributed by atoms with van der Waals surface area (Å²) in [7, 11) is 1.42. The number of nitrogens with one attached hydrogen (secondary N) is 1. The molecule has 0 saturated carbocycles. The van der Waals surface area contributed by atoms with Gasteiger partial charge in [-0.05, 0) is 49.4 Å². The van der Waals surface area contributed by atoms with E-state index < -0.39 is 35.1 Å². The monoisotopic (exact) mass is 301 g/mol. The van der Waals surface area contributed by atoms with Gasteiger partial charge in [0.2, 0.25) is 0 Å². The number of hydrogen-bond acceptors (Lipinski definition) is 1. The Morgan fingerprint density at radius 1 is 0.810 bits per heavy atom. The second-order valence-electron chi connectivity index (χ2n) is 4.64. The molecule has 0 radical (unpaired) electrons. The minimum Gasteiger partial charge on any atom is -0.309 e. The summed E-state index contributed by atoms with van der Waals surface area (Å²) < 4.78 is 67.1. The number of aryl methyl sites for hydroxylation is 1. The normalized spacial score (nSPS) is 12.5. The van der Waals surface area contributed by atoms with Gasteiger partial charge in [-0.2, -0.15) is 0 Å². The first-order chi connectivity index (χ1) is 9.85. The van der Waals surface area contributed by atoms with Gasteiger partial charge in [-0.15, -0.1) is 0 Å². The summed E-state index contributed by atoms with van der Waals surface area (Å²) in [5.74, 6) is -5.76. The van der Waals surface area contributed by atoms with Gasteiger partial charge >= 0.3 is 0 Å². The van der Waals surface area contributed by atoms with Crippen LogP contribution in [0.2, 0.25) is 0 Å². The van der Waals surface area contributed by atoms with Gasteiger partial charge in [-0.25, -0.2) is 22.0 Å². The van der Waals surface area contributed by atoms with Gasteiger partial charge in [0.05, 0.1) is 6.04 Å². The molecule has 0 bridgehead atoms. The Morgan fingerprint density at radius 3 is 1.90 bits per heavy atom. The van der Waals surface area contributed by atoms with E-state index in [0.717, 1.165) is 24.3 Å². The molecule has 0 aliphatic rings. The molecule has 112 valence electrons. The molecule has 0 heterocycles. The molecule has 1 nitrogen and oxygen atoms in total. The highest BCUT2D eigenvalue weighted by atomic mass is 19.2. The Morgan fingerprint density at radius 2 is 1.38 bits per heavy atom. The fraction of sp³-hybridized carbons (Fsp3) is 0.200. The van der Waals surface area contributed by atoms with Crippen molar-refractivity contribution in [1.82, 2.24) is 5.32 Å². The first-order valence-electron chi connectivity index (χ1n) is 6.12.